The van der Waals surface area contributed by atoms with Crippen molar-refractivity contribution in [2.24, 2.45) is 0 Å². The summed E-state index contributed by atoms with van der Waals surface area (Å²) in [6, 6.07) is 7.79. The molecule has 0 radical (unpaired) electrons. The van der Waals surface area contributed by atoms with Crippen LogP contribution in [0.25, 0.3) is 10.2 Å². The zero-order chi connectivity index (χ0) is 19.9. The molecule has 0 N–H and O–H groups in total. The summed E-state index contributed by atoms with van der Waals surface area (Å²) in [6.45, 7) is 0.383. The molecule has 2 aromatic carbocycles. The Hall–Kier alpha value is -1.81. The quantitative estimate of drug-likeness (QED) is 0.596. The van der Waals surface area contributed by atoms with Gasteiger partial charge in [0.2, 0.25) is 10.0 Å². The molecule has 148 valence electrons. The molecular formula is C18H15ClF2N2O3S2. The highest BCUT2D eigenvalue weighted by atomic mass is 35.5. The lowest BCUT2D eigenvalue weighted by Crippen LogP contribution is -2.41. The van der Waals surface area contributed by atoms with Crippen LogP contribution >= 0.6 is 22.9 Å². The number of fused-ring (bicyclic) bond motifs is 1. The minimum atomic E-state index is -3.96. The van der Waals surface area contributed by atoms with Crippen LogP contribution in [0.2, 0.25) is 5.02 Å². The number of ether oxygens (including phenoxy) is 1. The Morgan fingerprint density at radius 1 is 1.14 bits per heavy atom. The van der Waals surface area contributed by atoms with Gasteiger partial charge in [0, 0.05) is 19.2 Å². The van der Waals surface area contributed by atoms with E-state index >= 15 is 0 Å². The number of aromatic nitrogens is 1. The Bertz CT molecular complexity index is 1110. The van der Waals surface area contributed by atoms with Crippen molar-refractivity contribution in [3.05, 3.63) is 53.1 Å². The highest BCUT2D eigenvalue weighted by Crippen LogP contribution is 2.33. The maximum absolute atomic E-state index is 13.4. The number of rotatable bonds is 4. The molecular weight excluding hydrogens is 430 g/mol. The summed E-state index contributed by atoms with van der Waals surface area (Å²) in [5.41, 5.74) is 0.678. The van der Waals surface area contributed by atoms with Crippen LogP contribution in [0.5, 0.6) is 5.19 Å². The van der Waals surface area contributed by atoms with Crippen molar-refractivity contribution in [2.75, 3.05) is 13.1 Å². The Labute approximate surface area is 169 Å². The van der Waals surface area contributed by atoms with Crippen molar-refractivity contribution in [3.8, 4) is 5.19 Å². The summed E-state index contributed by atoms with van der Waals surface area (Å²) >= 11 is 7.50. The number of hydrogen-bond donors (Lipinski definition) is 0. The van der Waals surface area contributed by atoms with E-state index in [1.165, 1.54) is 15.6 Å². The SMILES string of the molecule is O=S(=O)(c1cc(F)cc(F)c1)N1CCC(Oc2nc3c(Cl)cccc3s2)CC1. The molecule has 1 aliphatic heterocycles. The molecule has 0 bridgehead atoms. The summed E-state index contributed by atoms with van der Waals surface area (Å²) in [5.74, 6) is -1.85. The third-order valence-corrected chi connectivity index (χ3v) is 7.59. The normalized spacial score (nSPS) is 16.5. The second-order valence-electron chi connectivity index (χ2n) is 6.39. The molecule has 0 amide bonds. The number of thiazole rings is 1. The third-order valence-electron chi connectivity index (χ3n) is 4.49. The Kier molecular flexibility index (Phi) is 5.26. The van der Waals surface area contributed by atoms with E-state index in [0.29, 0.717) is 34.6 Å². The topological polar surface area (TPSA) is 59.5 Å². The van der Waals surface area contributed by atoms with Gasteiger partial charge in [-0.3, -0.25) is 0 Å². The van der Waals surface area contributed by atoms with Gasteiger partial charge in [-0.1, -0.05) is 29.0 Å². The first-order valence-corrected chi connectivity index (χ1v) is 11.1. The largest absolute Gasteiger partial charge is 0.467 e. The zero-order valence-corrected chi connectivity index (χ0v) is 16.8. The second-order valence-corrected chi connectivity index (χ2v) is 9.73. The molecule has 28 heavy (non-hydrogen) atoms. The van der Waals surface area contributed by atoms with Crippen LogP contribution < -0.4 is 4.74 Å². The van der Waals surface area contributed by atoms with Gasteiger partial charge in [-0.25, -0.2) is 22.2 Å². The lowest BCUT2D eigenvalue weighted by atomic mass is 10.1. The van der Waals surface area contributed by atoms with E-state index < -0.39 is 21.7 Å². The lowest BCUT2D eigenvalue weighted by molar-refractivity contribution is 0.135. The van der Waals surface area contributed by atoms with E-state index in [1.54, 1.807) is 6.07 Å². The number of nitrogens with zero attached hydrogens (tertiary/aromatic N) is 2. The number of piperidine rings is 1. The van der Waals surface area contributed by atoms with Gasteiger partial charge in [0.05, 0.1) is 14.6 Å². The third kappa shape index (κ3) is 3.84. The minimum absolute atomic E-state index is 0.191. The van der Waals surface area contributed by atoms with E-state index in [0.717, 1.165) is 16.8 Å². The van der Waals surface area contributed by atoms with E-state index in [2.05, 4.69) is 4.98 Å². The van der Waals surface area contributed by atoms with Crippen molar-refractivity contribution in [3.63, 3.8) is 0 Å². The molecule has 5 nitrogen and oxygen atoms in total. The van der Waals surface area contributed by atoms with Crippen molar-refractivity contribution in [2.45, 2.75) is 23.8 Å². The molecule has 10 heteroatoms. The van der Waals surface area contributed by atoms with Crippen LogP contribution in [0, 0.1) is 11.6 Å². The molecule has 3 aromatic rings. The summed E-state index contributed by atoms with van der Waals surface area (Å²) in [7, 11) is -3.96. The van der Waals surface area contributed by atoms with Crippen molar-refractivity contribution < 1.29 is 21.9 Å². The van der Waals surface area contributed by atoms with Crippen LogP contribution in [0.15, 0.2) is 41.3 Å². The molecule has 4 rings (SSSR count). The van der Waals surface area contributed by atoms with Gasteiger partial charge in [0.25, 0.3) is 5.19 Å². The lowest BCUT2D eigenvalue weighted by Gasteiger charge is -2.30. The highest BCUT2D eigenvalue weighted by molar-refractivity contribution is 7.89. The summed E-state index contributed by atoms with van der Waals surface area (Å²) in [5, 5.41) is 1.03. The van der Waals surface area contributed by atoms with Gasteiger partial charge in [-0.05, 0) is 37.1 Å². The minimum Gasteiger partial charge on any atom is -0.467 e. The van der Waals surface area contributed by atoms with Crippen LogP contribution in [-0.2, 0) is 10.0 Å². The zero-order valence-electron chi connectivity index (χ0n) is 14.4. The fourth-order valence-electron chi connectivity index (χ4n) is 3.10. The van der Waals surface area contributed by atoms with Crippen LogP contribution in [0.1, 0.15) is 12.8 Å². The van der Waals surface area contributed by atoms with Crippen molar-refractivity contribution >= 4 is 43.2 Å². The monoisotopic (exact) mass is 444 g/mol. The Morgan fingerprint density at radius 2 is 1.82 bits per heavy atom. The standard InChI is InChI=1S/C18H15ClF2N2O3S2/c19-15-2-1-3-16-17(15)22-18(27-16)26-13-4-6-23(7-5-13)28(24,25)14-9-11(20)8-12(21)10-14/h1-3,8-10,13H,4-7H2. The van der Waals surface area contributed by atoms with E-state index in [-0.39, 0.29) is 24.1 Å². The fourth-order valence-corrected chi connectivity index (χ4v) is 5.80. The van der Waals surface area contributed by atoms with Crippen LogP contribution in [-0.4, -0.2) is 36.9 Å². The van der Waals surface area contributed by atoms with E-state index in [9.17, 15) is 17.2 Å². The fraction of sp³-hybridized carbons (Fsp3) is 0.278. The summed E-state index contributed by atoms with van der Waals surface area (Å²) < 4.78 is 60.1. The molecule has 1 aromatic heterocycles. The molecule has 1 fully saturated rings. The molecule has 2 heterocycles. The van der Waals surface area contributed by atoms with Gasteiger partial charge >= 0.3 is 0 Å². The van der Waals surface area contributed by atoms with Gasteiger partial charge in [0.1, 0.15) is 23.3 Å². The van der Waals surface area contributed by atoms with Gasteiger partial charge in [-0.2, -0.15) is 4.31 Å². The maximum Gasteiger partial charge on any atom is 0.274 e. The molecule has 0 saturated carbocycles. The predicted molar refractivity (Wildman–Crippen MR) is 103 cm³/mol. The predicted octanol–water partition coefficient (Wildman–Crippen LogP) is 4.46. The number of benzene rings is 2. The van der Waals surface area contributed by atoms with Crippen LogP contribution in [0.4, 0.5) is 8.78 Å². The second kappa shape index (κ2) is 7.55. The van der Waals surface area contributed by atoms with Crippen molar-refractivity contribution in [1.82, 2.24) is 9.29 Å². The van der Waals surface area contributed by atoms with Gasteiger partial charge < -0.3 is 4.74 Å². The molecule has 1 saturated heterocycles. The number of sulfonamides is 1. The van der Waals surface area contributed by atoms with E-state index in [4.69, 9.17) is 16.3 Å². The molecule has 0 atom stereocenters. The maximum atomic E-state index is 13.4. The van der Waals surface area contributed by atoms with Gasteiger partial charge in [0.15, 0.2) is 0 Å². The Morgan fingerprint density at radius 3 is 2.46 bits per heavy atom. The number of halogens is 3. The smallest absolute Gasteiger partial charge is 0.274 e. The molecule has 0 spiro atoms. The first-order chi connectivity index (χ1) is 13.3. The number of para-hydroxylation sites is 1. The molecule has 0 unspecified atom stereocenters. The average molecular weight is 445 g/mol. The highest BCUT2D eigenvalue weighted by Gasteiger charge is 2.31. The first kappa shape index (κ1) is 19.5. The van der Waals surface area contributed by atoms with E-state index in [1.807, 2.05) is 12.1 Å². The Balaban J connectivity index is 1.44. The number of hydrogen-bond acceptors (Lipinski definition) is 5. The summed E-state index contributed by atoms with van der Waals surface area (Å²) in [4.78, 5) is 4.01. The summed E-state index contributed by atoms with van der Waals surface area (Å²) in [6.07, 6.45) is 0.691. The first-order valence-electron chi connectivity index (χ1n) is 8.51. The molecule has 0 aliphatic carbocycles. The van der Waals surface area contributed by atoms with Crippen LogP contribution in [0.3, 0.4) is 0 Å². The average Bonchev–Trinajstić information content (AvgIpc) is 3.05. The molecule has 1 aliphatic rings. The van der Waals surface area contributed by atoms with Gasteiger partial charge in [-0.15, -0.1) is 0 Å². The van der Waals surface area contributed by atoms with Crippen molar-refractivity contribution in [1.29, 1.82) is 0 Å².